The lowest BCUT2D eigenvalue weighted by molar-refractivity contribution is -0.144. The van der Waals surface area contributed by atoms with E-state index in [1.807, 2.05) is 6.92 Å². The van der Waals surface area contributed by atoms with Crippen molar-refractivity contribution >= 4 is 17.7 Å². The molecule has 106 valence electrons. The average Bonchev–Trinajstić information content (AvgIpc) is 2.41. The zero-order valence-corrected chi connectivity index (χ0v) is 12.8. The van der Waals surface area contributed by atoms with Crippen LogP contribution in [0.25, 0.3) is 0 Å². The fourth-order valence-electron chi connectivity index (χ4n) is 1.59. The molecular weight excluding hydrogens is 258 g/mol. The van der Waals surface area contributed by atoms with Gasteiger partial charge in [0.1, 0.15) is 6.04 Å². The Hall–Kier alpha value is -1.00. The van der Waals surface area contributed by atoms with Crippen LogP contribution in [0.1, 0.15) is 25.8 Å². The van der Waals surface area contributed by atoms with E-state index in [2.05, 4.69) is 43.4 Å². The molecule has 0 amide bonds. The van der Waals surface area contributed by atoms with Gasteiger partial charge in [-0.3, -0.25) is 4.79 Å². The summed E-state index contributed by atoms with van der Waals surface area (Å²) in [5, 5.41) is 3.24. The maximum absolute atomic E-state index is 11.8. The van der Waals surface area contributed by atoms with Crippen molar-refractivity contribution in [2.24, 2.45) is 0 Å². The highest BCUT2D eigenvalue weighted by atomic mass is 32.2. The standard InChI is InChI=1S/C15H23NO2S/c1-4-10-16-14(15(17)18-5-2)11-19-13-8-6-12(3)7-9-13/h6-9,14,16H,4-5,10-11H2,1-3H3. The van der Waals surface area contributed by atoms with Crippen LogP contribution in [0.15, 0.2) is 29.2 Å². The number of thioether (sulfide) groups is 1. The smallest absolute Gasteiger partial charge is 0.323 e. The van der Waals surface area contributed by atoms with Crippen molar-refractivity contribution in [1.29, 1.82) is 0 Å². The Kier molecular flexibility index (Phi) is 7.60. The molecule has 1 unspecified atom stereocenters. The van der Waals surface area contributed by atoms with Crippen LogP contribution in [-0.2, 0) is 9.53 Å². The highest BCUT2D eigenvalue weighted by molar-refractivity contribution is 7.99. The Morgan fingerprint density at radius 1 is 1.32 bits per heavy atom. The molecule has 0 bridgehead atoms. The molecule has 1 atom stereocenters. The number of hydrogen-bond acceptors (Lipinski definition) is 4. The van der Waals surface area contributed by atoms with Gasteiger partial charge < -0.3 is 10.1 Å². The van der Waals surface area contributed by atoms with Crippen LogP contribution < -0.4 is 5.32 Å². The van der Waals surface area contributed by atoms with E-state index in [4.69, 9.17) is 4.74 Å². The monoisotopic (exact) mass is 281 g/mol. The highest BCUT2D eigenvalue weighted by Crippen LogP contribution is 2.19. The molecule has 0 aliphatic carbocycles. The normalized spacial score (nSPS) is 12.2. The third-order valence-electron chi connectivity index (χ3n) is 2.65. The summed E-state index contributed by atoms with van der Waals surface area (Å²) in [6.45, 7) is 7.25. The molecular formula is C15H23NO2S. The second-order valence-electron chi connectivity index (χ2n) is 4.38. The molecule has 1 aromatic rings. The molecule has 3 nitrogen and oxygen atoms in total. The predicted molar refractivity (Wildman–Crippen MR) is 80.6 cm³/mol. The molecule has 0 aliphatic rings. The Labute approximate surface area is 120 Å². The summed E-state index contributed by atoms with van der Waals surface area (Å²) in [4.78, 5) is 13.0. The quantitative estimate of drug-likeness (QED) is 0.587. The van der Waals surface area contributed by atoms with Crippen LogP contribution in [-0.4, -0.2) is 30.9 Å². The molecule has 0 fully saturated rings. The van der Waals surface area contributed by atoms with Gasteiger partial charge in [-0.1, -0.05) is 24.6 Å². The van der Waals surface area contributed by atoms with E-state index in [-0.39, 0.29) is 12.0 Å². The van der Waals surface area contributed by atoms with Gasteiger partial charge in [-0.05, 0) is 38.9 Å². The summed E-state index contributed by atoms with van der Waals surface area (Å²) >= 11 is 1.68. The summed E-state index contributed by atoms with van der Waals surface area (Å²) in [6, 6.07) is 8.11. The summed E-state index contributed by atoms with van der Waals surface area (Å²) < 4.78 is 5.09. The average molecular weight is 281 g/mol. The second kappa shape index (κ2) is 8.99. The minimum atomic E-state index is -0.230. The molecule has 19 heavy (non-hydrogen) atoms. The molecule has 0 aromatic heterocycles. The van der Waals surface area contributed by atoms with Crippen molar-refractivity contribution < 1.29 is 9.53 Å². The van der Waals surface area contributed by atoms with E-state index in [0.29, 0.717) is 12.4 Å². The van der Waals surface area contributed by atoms with Crippen molar-refractivity contribution in [3.8, 4) is 0 Å². The molecule has 1 N–H and O–H groups in total. The van der Waals surface area contributed by atoms with Crippen LogP contribution in [0, 0.1) is 6.92 Å². The number of rotatable bonds is 8. The van der Waals surface area contributed by atoms with Crippen LogP contribution in [0.5, 0.6) is 0 Å². The molecule has 4 heteroatoms. The Balaban J connectivity index is 2.51. The van der Waals surface area contributed by atoms with Gasteiger partial charge in [-0.25, -0.2) is 0 Å². The van der Waals surface area contributed by atoms with Gasteiger partial charge in [0.15, 0.2) is 0 Å². The van der Waals surface area contributed by atoms with Gasteiger partial charge in [0.05, 0.1) is 6.61 Å². The summed E-state index contributed by atoms with van der Waals surface area (Å²) in [7, 11) is 0. The number of benzene rings is 1. The first-order chi connectivity index (χ1) is 9.17. The van der Waals surface area contributed by atoms with Crippen molar-refractivity contribution in [1.82, 2.24) is 5.32 Å². The first-order valence-electron chi connectivity index (χ1n) is 6.76. The molecule has 0 aliphatic heterocycles. The van der Waals surface area contributed by atoms with E-state index in [9.17, 15) is 4.79 Å². The third kappa shape index (κ3) is 6.12. The highest BCUT2D eigenvalue weighted by Gasteiger charge is 2.18. The fourth-order valence-corrected chi connectivity index (χ4v) is 2.53. The van der Waals surface area contributed by atoms with E-state index in [0.717, 1.165) is 13.0 Å². The van der Waals surface area contributed by atoms with E-state index in [1.54, 1.807) is 11.8 Å². The molecule has 1 rings (SSSR count). The zero-order valence-electron chi connectivity index (χ0n) is 11.9. The van der Waals surface area contributed by atoms with Crippen LogP contribution in [0.3, 0.4) is 0 Å². The number of carbonyl (C=O) groups is 1. The lowest BCUT2D eigenvalue weighted by Gasteiger charge is -2.16. The second-order valence-corrected chi connectivity index (χ2v) is 5.48. The van der Waals surface area contributed by atoms with Crippen LogP contribution in [0.2, 0.25) is 0 Å². The van der Waals surface area contributed by atoms with E-state index >= 15 is 0 Å². The minimum absolute atomic E-state index is 0.157. The molecule has 0 heterocycles. The largest absolute Gasteiger partial charge is 0.465 e. The Morgan fingerprint density at radius 2 is 2.00 bits per heavy atom. The maximum atomic E-state index is 11.8. The number of hydrogen-bond donors (Lipinski definition) is 1. The van der Waals surface area contributed by atoms with Crippen LogP contribution >= 0.6 is 11.8 Å². The third-order valence-corrected chi connectivity index (χ3v) is 3.75. The Bertz CT molecular complexity index is 378. The predicted octanol–water partition coefficient (Wildman–Crippen LogP) is 3.02. The van der Waals surface area contributed by atoms with Gasteiger partial charge >= 0.3 is 5.97 Å². The minimum Gasteiger partial charge on any atom is -0.465 e. The van der Waals surface area contributed by atoms with Crippen molar-refractivity contribution in [3.05, 3.63) is 29.8 Å². The summed E-state index contributed by atoms with van der Waals surface area (Å²) in [5.41, 5.74) is 1.25. The Morgan fingerprint density at radius 3 is 2.58 bits per heavy atom. The van der Waals surface area contributed by atoms with Gasteiger partial charge in [0.25, 0.3) is 0 Å². The zero-order chi connectivity index (χ0) is 14.1. The van der Waals surface area contributed by atoms with Crippen molar-refractivity contribution in [2.45, 2.75) is 38.1 Å². The summed E-state index contributed by atoms with van der Waals surface area (Å²) in [5.74, 6) is 0.539. The molecule has 0 radical (unpaired) electrons. The number of esters is 1. The van der Waals surface area contributed by atoms with Gasteiger partial charge in [-0.15, -0.1) is 11.8 Å². The van der Waals surface area contributed by atoms with E-state index in [1.165, 1.54) is 10.5 Å². The van der Waals surface area contributed by atoms with Gasteiger partial charge in [0.2, 0.25) is 0 Å². The molecule has 0 saturated heterocycles. The molecule has 0 saturated carbocycles. The maximum Gasteiger partial charge on any atom is 0.323 e. The van der Waals surface area contributed by atoms with E-state index < -0.39 is 0 Å². The lowest BCUT2D eigenvalue weighted by atomic mass is 10.2. The number of carbonyl (C=O) groups excluding carboxylic acids is 1. The number of ether oxygens (including phenoxy) is 1. The molecule has 1 aromatic carbocycles. The van der Waals surface area contributed by atoms with Crippen LogP contribution in [0.4, 0.5) is 0 Å². The number of nitrogens with one attached hydrogen (secondary N) is 1. The fraction of sp³-hybridized carbons (Fsp3) is 0.533. The first kappa shape index (κ1) is 16.1. The summed E-state index contributed by atoms with van der Waals surface area (Å²) in [6.07, 6.45) is 1.01. The molecule has 0 spiro atoms. The van der Waals surface area contributed by atoms with Gasteiger partial charge in [0, 0.05) is 10.6 Å². The topological polar surface area (TPSA) is 38.3 Å². The van der Waals surface area contributed by atoms with Crippen molar-refractivity contribution in [3.63, 3.8) is 0 Å². The SMILES string of the molecule is CCCNC(CSc1ccc(C)cc1)C(=O)OCC. The lowest BCUT2D eigenvalue weighted by Crippen LogP contribution is -2.40. The van der Waals surface area contributed by atoms with Crippen molar-refractivity contribution in [2.75, 3.05) is 18.9 Å². The van der Waals surface area contributed by atoms with Gasteiger partial charge in [-0.2, -0.15) is 0 Å². The number of aryl methyl sites for hydroxylation is 1. The first-order valence-corrected chi connectivity index (χ1v) is 7.75.